The molecule has 5 heteroatoms. The number of carbonyl (C=O) groups is 1. The number of phenolic OH excluding ortho intramolecular Hbond substituents is 2. The lowest BCUT2D eigenvalue weighted by molar-refractivity contribution is 0.101. The summed E-state index contributed by atoms with van der Waals surface area (Å²) in [4.78, 5) is 11.3. The molecule has 0 atom stereocenters. The van der Waals surface area contributed by atoms with Gasteiger partial charge in [0, 0.05) is 0 Å². The summed E-state index contributed by atoms with van der Waals surface area (Å²) in [6.45, 7) is 1.25. The summed E-state index contributed by atoms with van der Waals surface area (Å²) in [6, 6.07) is 1.50. The van der Waals surface area contributed by atoms with Gasteiger partial charge in [-0.15, -0.1) is 0 Å². The van der Waals surface area contributed by atoms with Gasteiger partial charge in [-0.2, -0.15) is 0 Å². The number of fused-ring (bicyclic) bond motifs is 1. The number of benzene rings is 1. The predicted octanol–water partition coefficient (Wildman–Crippen LogP) is 2.06. The van der Waals surface area contributed by atoms with E-state index in [-0.39, 0.29) is 22.6 Å². The molecule has 0 saturated heterocycles. The Balaban J connectivity index is 2.96. The number of ketones is 1. The highest BCUT2D eigenvalue weighted by atomic mass is 16.5. The fourth-order valence-corrected chi connectivity index (χ4v) is 1.66. The van der Waals surface area contributed by atoms with Crippen LogP contribution in [0, 0.1) is 0 Å². The molecule has 0 spiro atoms. The first-order valence-electron chi connectivity index (χ1n) is 4.58. The quantitative estimate of drug-likeness (QED) is 0.760. The first-order valence-corrected chi connectivity index (χ1v) is 4.58. The van der Waals surface area contributed by atoms with Gasteiger partial charge in [0.15, 0.2) is 17.1 Å². The number of carbonyl (C=O) groups excluding carboxylic acids is 1. The van der Waals surface area contributed by atoms with Crippen molar-refractivity contribution in [1.82, 2.24) is 0 Å². The van der Waals surface area contributed by atoms with Crippen LogP contribution < -0.4 is 4.74 Å². The van der Waals surface area contributed by atoms with Crippen LogP contribution in [0.1, 0.15) is 17.3 Å². The van der Waals surface area contributed by atoms with Crippen LogP contribution in [0.4, 0.5) is 0 Å². The largest absolute Gasteiger partial charge is 0.506 e. The molecule has 2 N–H and O–H groups in total. The van der Waals surface area contributed by atoms with Crippen LogP contribution >= 0.6 is 0 Å². The second-order valence-electron chi connectivity index (χ2n) is 3.33. The molecule has 2 aromatic rings. The third-order valence-corrected chi connectivity index (χ3v) is 2.37. The number of Topliss-reactive ketones (excluding diaryl/α,β-unsaturated/α-hetero) is 1. The minimum Gasteiger partial charge on any atom is -0.506 e. The molecule has 16 heavy (non-hydrogen) atoms. The molecule has 5 nitrogen and oxygen atoms in total. The van der Waals surface area contributed by atoms with Crippen molar-refractivity contribution in [3.8, 4) is 17.2 Å². The van der Waals surface area contributed by atoms with E-state index >= 15 is 0 Å². The number of rotatable bonds is 2. The van der Waals surface area contributed by atoms with E-state index in [1.165, 1.54) is 26.4 Å². The number of aromatic hydroxyl groups is 2. The van der Waals surface area contributed by atoms with Gasteiger partial charge in [0.25, 0.3) is 0 Å². The molecule has 0 amide bonds. The van der Waals surface area contributed by atoms with Crippen LogP contribution in [0.5, 0.6) is 17.2 Å². The van der Waals surface area contributed by atoms with E-state index in [2.05, 4.69) is 0 Å². The Morgan fingerprint density at radius 1 is 1.38 bits per heavy atom. The van der Waals surface area contributed by atoms with Crippen LogP contribution in [-0.2, 0) is 0 Å². The van der Waals surface area contributed by atoms with E-state index in [9.17, 15) is 15.0 Å². The average Bonchev–Trinajstić information content (AvgIpc) is 2.66. The van der Waals surface area contributed by atoms with E-state index < -0.39 is 11.5 Å². The summed E-state index contributed by atoms with van der Waals surface area (Å²) in [5.41, 5.74) is 0.0493. The van der Waals surface area contributed by atoms with Crippen molar-refractivity contribution < 1.29 is 24.2 Å². The summed E-state index contributed by atoms with van der Waals surface area (Å²) in [6.07, 6.45) is 1.34. The number of hydrogen-bond donors (Lipinski definition) is 2. The summed E-state index contributed by atoms with van der Waals surface area (Å²) in [5.74, 6) is -1.11. The molecular formula is C11H10O5. The SMILES string of the molecule is COc1c(O)c(C(C)=O)c(O)c2ccoc12. The monoisotopic (exact) mass is 222 g/mol. The highest BCUT2D eigenvalue weighted by molar-refractivity contribution is 6.07. The first-order chi connectivity index (χ1) is 7.57. The maximum Gasteiger partial charge on any atom is 0.205 e. The summed E-state index contributed by atoms with van der Waals surface area (Å²) in [7, 11) is 1.35. The van der Waals surface area contributed by atoms with Gasteiger partial charge >= 0.3 is 0 Å². The van der Waals surface area contributed by atoms with Crippen molar-refractivity contribution in [2.24, 2.45) is 0 Å². The standard InChI is InChI=1S/C11H10O5/c1-5(12)7-8(13)6-3-4-16-10(6)11(15-2)9(7)14/h3-4,13-14H,1-2H3. The van der Waals surface area contributed by atoms with Crippen molar-refractivity contribution in [3.05, 3.63) is 17.9 Å². The Hall–Kier alpha value is -2.17. The maximum atomic E-state index is 11.3. The minimum absolute atomic E-state index is 0.0444. The van der Waals surface area contributed by atoms with Gasteiger partial charge in [-0.3, -0.25) is 4.79 Å². The Bertz CT molecular complexity index is 567. The third-order valence-electron chi connectivity index (χ3n) is 2.37. The zero-order valence-electron chi connectivity index (χ0n) is 8.77. The van der Waals surface area contributed by atoms with Gasteiger partial charge in [-0.25, -0.2) is 0 Å². The van der Waals surface area contributed by atoms with E-state index in [0.29, 0.717) is 5.39 Å². The Kier molecular flexibility index (Phi) is 2.23. The first kappa shape index (κ1) is 10.4. The second kappa shape index (κ2) is 3.44. The topological polar surface area (TPSA) is 79.9 Å². The summed E-state index contributed by atoms with van der Waals surface area (Å²) >= 11 is 0. The third kappa shape index (κ3) is 1.21. The minimum atomic E-state index is -0.448. The van der Waals surface area contributed by atoms with Gasteiger partial charge < -0.3 is 19.4 Å². The van der Waals surface area contributed by atoms with Crippen molar-refractivity contribution in [1.29, 1.82) is 0 Å². The molecule has 0 aliphatic heterocycles. The smallest absolute Gasteiger partial charge is 0.205 e. The second-order valence-corrected chi connectivity index (χ2v) is 3.33. The molecule has 0 saturated carbocycles. The lowest BCUT2D eigenvalue weighted by atomic mass is 10.1. The van der Waals surface area contributed by atoms with Crippen molar-refractivity contribution in [2.45, 2.75) is 6.92 Å². The number of hydrogen-bond acceptors (Lipinski definition) is 5. The Morgan fingerprint density at radius 3 is 2.62 bits per heavy atom. The van der Waals surface area contributed by atoms with E-state index in [0.717, 1.165) is 0 Å². The fraction of sp³-hybridized carbons (Fsp3) is 0.182. The van der Waals surface area contributed by atoms with Crippen LogP contribution in [0.3, 0.4) is 0 Å². The van der Waals surface area contributed by atoms with Crippen molar-refractivity contribution in [2.75, 3.05) is 7.11 Å². The fourth-order valence-electron chi connectivity index (χ4n) is 1.66. The molecule has 0 radical (unpaired) electrons. The van der Waals surface area contributed by atoms with Crippen molar-refractivity contribution >= 4 is 16.8 Å². The van der Waals surface area contributed by atoms with Crippen molar-refractivity contribution in [3.63, 3.8) is 0 Å². The molecule has 1 heterocycles. The number of furan rings is 1. The summed E-state index contributed by atoms with van der Waals surface area (Å²) < 4.78 is 10.0. The van der Waals surface area contributed by atoms with Crippen LogP contribution in [0.15, 0.2) is 16.7 Å². The number of phenols is 2. The van der Waals surface area contributed by atoms with E-state index in [1.54, 1.807) is 0 Å². The lowest BCUT2D eigenvalue weighted by Crippen LogP contribution is -1.96. The highest BCUT2D eigenvalue weighted by Crippen LogP contribution is 2.45. The Morgan fingerprint density at radius 2 is 2.06 bits per heavy atom. The Labute approximate surface area is 90.9 Å². The molecule has 0 unspecified atom stereocenters. The zero-order chi connectivity index (χ0) is 11.9. The zero-order valence-corrected chi connectivity index (χ0v) is 8.77. The predicted molar refractivity (Wildman–Crippen MR) is 56.1 cm³/mol. The van der Waals surface area contributed by atoms with Crippen LogP contribution in [-0.4, -0.2) is 23.1 Å². The van der Waals surface area contributed by atoms with Gasteiger partial charge in [-0.1, -0.05) is 0 Å². The number of methoxy groups -OCH3 is 1. The normalized spacial score (nSPS) is 10.6. The van der Waals surface area contributed by atoms with Gasteiger partial charge in [0.2, 0.25) is 5.75 Å². The van der Waals surface area contributed by atoms with Gasteiger partial charge in [0.1, 0.15) is 11.3 Å². The highest BCUT2D eigenvalue weighted by Gasteiger charge is 2.24. The van der Waals surface area contributed by atoms with E-state index in [4.69, 9.17) is 9.15 Å². The average molecular weight is 222 g/mol. The maximum absolute atomic E-state index is 11.3. The van der Waals surface area contributed by atoms with Crippen LogP contribution in [0.2, 0.25) is 0 Å². The number of ether oxygens (including phenoxy) is 1. The molecule has 2 rings (SSSR count). The molecular weight excluding hydrogens is 212 g/mol. The molecule has 1 aromatic carbocycles. The molecule has 1 aromatic heterocycles. The lowest BCUT2D eigenvalue weighted by Gasteiger charge is -2.09. The molecule has 0 aliphatic rings. The molecule has 84 valence electrons. The van der Waals surface area contributed by atoms with Gasteiger partial charge in [-0.05, 0) is 13.0 Å². The molecule has 0 fully saturated rings. The summed E-state index contributed by atoms with van der Waals surface area (Å²) in [5, 5.41) is 19.9. The van der Waals surface area contributed by atoms with Crippen LogP contribution in [0.25, 0.3) is 11.0 Å². The van der Waals surface area contributed by atoms with E-state index in [1.807, 2.05) is 0 Å². The molecule has 0 bridgehead atoms. The molecule has 0 aliphatic carbocycles. The van der Waals surface area contributed by atoms with Gasteiger partial charge in [0.05, 0.1) is 18.8 Å².